The third-order valence-corrected chi connectivity index (χ3v) is 4.86. The van der Waals surface area contributed by atoms with Crippen molar-refractivity contribution in [2.24, 2.45) is 11.7 Å². The summed E-state index contributed by atoms with van der Waals surface area (Å²) in [5, 5.41) is 9.69. The van der Waals surface area contributed by atoms with Gasteiger partial charge in [-0.3, -0.25) is 4.90 Å². The normalized spacial score (nSPS) is 30.0. The van der Waals surface area contributed by atoms with Gasteiger partial charge in [0.15, 0.2) is 0 Å². The van der Waals surface area contributed by atoms with Crippen LogP contribution >= 0.6 is 11.8 Å². The summed E-state index contributed by atoms with van der Waals surface area (Å²) in [6, 6.07) is 0.655. The smallest absolute Gasteiger partial charge is 0.0595 e. The number of thioether (sulfide) groups is 1. The largest absolute Gasteiger partial charge is 0.395 e. The van der Waals surface area contributed by atoms with Crippen molar-refractivity contribution in [3.63, 3.8) is 0 Å². The maximum atomic E-state index is 9.14. The summed E-state index contributed by atoms with van der Waals surface area (Å²) < 4.78 is 0. The predicted molar refractivity (Wildman–Crippen MR) is 66.9 cm³/mol. The molecule has 0 saturated carbocycles. The Kier molecular flexibility index (Phi) is 5.39. The second kappa shape index (κ2) is 6.09. The molecule has 0 aromatic carbocycles. The molecule has 0 spiro atoms. The average molecular weight is 232 g/mol. The van der Waals surface area contributed by atoms with Gasteiger partial charge in [0.1, 0.15) is 0 Å². The van der Waals surface area contributed by atoms with Gasteiger partial charge in [0.05, 0.1) is 12.0 Å². The number of aliphatic hydroxyl groups is 1. The summed E-state index contributed by atoms with van der Waals surface area (Å²) in [7, 11) is 2.10. The molecule has 1 aliphatic rings. The standard InChI is InChI=1S/C11H24N2OS/c1-8(2)10(12)4-5-11-13(3)9(6-14)7-15-11/h8-11,14H,4-7,12H2,1-3H3. The lowest BCUT2D eigenvalue weighted by Crippen LogP contribution is -2.36. The lowest BCUT2D eigenvalue weighted by Gasteiger charge is -2.25. The SMILES string of the molecule is CC(C)C(N)CCC1SCC(CO)N1C. The van der Waals surface area contributed by atoms with Crippen LogP contribution in [0.25, 0.3) is 0 Å². The molecule has 3 N–H and O–H groups in total. The summed E-state index contributed by atoms with van der Waals surface area (Å²) in [5.74, 6) is 1.62. The Morgan fingerprint density at radius 1 is 1.53 bits per heavy atom. The fraction of sp³-hybridized carbons (Fsp3) is 1.00. The Morgan fingerprint density at radius 3 is 2.67 bits per heavy atom. The van der Waals surface area contributed by atoms with Gasteiger partial charge in [0, 0.05) is 17.8 Å². The first-order chi connectivity index (χ1) is 7.06. The Balaban J connectivity index is 2.28. The second-order valence-corrected chi connectivity index (χ2v) is 5.99. The van der Waals surface area contributed by atoms with Crippen molar-refractivity contribution in [1.82, 2.24) is 4.90 Å². The van der Waals surface area contributed by atoms with Gasteiger partial charge in [-0.2, -0.15) is 0 Å². The van der Waals surface area contributed by atoms with Gasteiger partial charge in [-0.15, -0.1) is 11.8 Å². The maximum Gasteiger partial charge on any atom is 0.0595 e. The third-order valence-electron chi connectivity index (χ3n) is 3.33. The predicted octanol–water partition coefficient (Wildman–Crippen LogP) is 1.12. The minimum absolute atomic E-state index is 0.274. The van der Waals surface area contributed by atoms with Crippen molar-refractivity contribution < 1.29 is 5.11 Å². The highest BCUT2D eigenvalue weighted by atomic mass is 32.2. The first-order valence-electron chi connectivity index (χ1n) is 5.76. The molecule has 0 radical (unpaired) electrons. The number of nitrogens with two attached hydrogens (primary N) is 1. The molecule has 0 amide bonds. The first-order valence-corrected chi connectivity index (χ1v) is 6.81. The Bertz CT molecular complexity index is 189. The van der Waals surface area contributed by atoms with E-state index < -0.39 is 0 Å². The van der Waals surface area contributed by atoms with Gasteiger partial charge < -0.3 is 10.8 Å². The van der Waals surface area contributed by atoms with Gasteiger partial charge in [0.2, 0.25) is 0 Å². The molecule has 1 heterocycles. The quantitative estimate of drug-likeness (QED) is 0.746. The van der Waals surface area contributed by atoms with E-state index in [1.165, 1.54) is 0 Å². The van der Waals surface area contributed by atoms with Gasteiger partial charge in [-0.05, 0) is 25.8 Å². The van der Waals surface area contributed by atoms with E-state index in [0.29, 0.717) is 23.4 Å². The Labute approximate surface area is 97.4 Å². The maximum absolute atomic E-state index is 9.14. The molecule has 1 saturated heterocycles. The van der Waals surface area contributed by atoms with Crippen molar-refractivity contribution >= 4 is 11.8 Å². The number of aliphatic hydroxyl groups excluding tert-OH is 1. The van der Waals surface area contributed by atoms with E-state index in [1.54, 1.807) is 0 Å². The van der Waals surface area contributed by atoms with Crippen LogP contribution in [0.1, 0.15) is 26.7 Å². The number of rotatable bonds is 5. The number of hydrogen-bond donors (Lipinski definition) is 2. The molecular weight excluding hydrogens is 208 g/mol. The zero-order valence-corrected chi connectivity index (χ0v) is 10.8. The van der Waals surface area contributed by atoms with Crippen molar-refractivity contribution in [3.8, 4) is 0 Å². The van der Waals surface area contributed by atoms with Gasteiger partial charge in [0.25, 0.3) is 0 Å². The topological polar surface area (TPSA) is 49.5 Å². The molecule has 3 nitrogen and oxygen atoms in total. The average Bonchev–Trinajstić information content (AvgIpc) is 2.55. The molecule has 1 aliphatic heterocycles. The zero-order valence-electron chi connectivity index (χ0n) is 10.0. The summed E-state index contributed by atoms with van der Waals surface area (Å²) in [5.41, 5.74) is 6.03. The van der Waals surface area contributed by atoms with Gasteiger partial charge in [-0.1, -0.05) is 13.8 Å². The van der Waals surface area contributed by atoms with Crippen molar-refractivity contribution in [3.05, 3.63) is 0 Å². The van der Waals surface area contributed by atoms with Gasteiger partial charge >= 0.3 is 0 Å². The Hall–Kier alpha value is 0.230. The van der Waals surface area contributed by atoms with Crippen molar-refractivity contribution in [1.29, 1.82) is 0 Å². The van der Waals surface area contributed by atoms with Crippen LogP contribution in [0.3, 0.4) is 0 Å². The molecule has 0 aliphatic carbocycles. The minimum atomic E-state index is 0.274. The van der Waals surface area contributed by atoms with E-state index in [4.69, 9.17) is 10.8 Å². The summed E-state index contributed by atoms with van der Waals surface area (Å²) in [6.07, 6.45) is 2.22. The lowest BCUT2D eigenvalue weighted by atomic mass is 10.0. The Morgan fingerprint density at radius 2 is 2.20 bits per heavy atom. The minimum Gasteiger partial charge on any atom is -0.395 e. The summed E-state index contributed by atoms with van der Waals surface area (Å²) >= 11 is 1.95. The van der Waals surface area contributed by atoms with Crippen LogP contribution in [-0.4, -0.2) is 46.9 Å². The van der Waals surface area contributed by atoms with Crippen molar-refractivity contribution in [2.75, 3.05) is 19.4 Å². The highest BCUT2D eigenvalue weighted by molar-refractivity contribution is 8.00. The lowest BCUT2D eigenvalue weighted by molar-refractivity contribution is 0.160. The van der Waals surface area contributed by atoms with Gasteiger partial charge in [-0.25, -0.2) is 0 Å². The van der Waals surface area contributed by atoms with E-state index in [9.17, 15) is 0 Å². The zero-order chi connectivity index (χ0) is 11.4. The van der Waals surface area contributed by atoms with E-state index >= 15 is 0 Å². The molecule has 15 heavy (non-hydrogen) atoms. The van der Waals surface area contributed by atoms with E-state index in [0.717, 1.165) is 18.6 Å². The van der Waals surface area contributed by atoms with Crippen LogP contribution in [-0.2, 0) is 0 Å². The molecule has 90 valence electrons. The number of hydrogen-bond acceptors (Lipinski definition) is 4. The van der Waals surface area contributed by atoms with E-state index in [1.807, 2.05) is 11.8 Å². The molecular formula is C11H24N2OS. The van der Waals surface area contributed by atoms with Crippen molar-refractivity contribution in [2.45, 2.75) is 44.1 Å². The molecule has 0 bridgehead atoms. The van der Waals surface area contributed by atoms with Crippen LogP contribution in [0.5, 0.6) is 0 Å². The van der Waals surface area contributed by atoms with E-state index in [-0.39, 0.29) is 6.61 Å². The van der Waals surface area contributed by atoms with E-state index in [2.05, 4.69) is 25.8 Å². The monoisotopic (exact) mass is 232 g/mol. The number of nitrogens with zero attached hydrogens (tertiary/aromatic N) is 1. The number of likely N-dealkylation sites (N-methyl/N-ethyl adjacent to an activating group) is 1. The fourth-order valence-corrected chi connectivity index (χ4v) is 3.32. The first kappa shape index (κ1) is 13.3. The highest BCUT2D eigenvalue weighted by Crippen LogP contribution is 2.30. The molecule has 3 unspecified atom stereocenters. The van der Waals surface area contributed by atoms with Crippen LogP contribution in [0.2, 0.25) is 0 Å². The molecule has 0 aromatic heterocycles. The molecule has 4 heteroatoms. The highest BCUT2D eigenvalue weighted by Gasteiger charge is 2.30. The second-order valence-electron chi connectivity index (χ2n) is 4.78. The fourth-order valence-electron chi connectivity index (χ4n) is 1.83. The molecule has 1 rings (SSSR count). The summed E-state index contributed by atoms with van der Waals surface area (Å²) in [6.45, 7) is 4.62. The molecule has 0 aromatic rings. The van der Waals surface area contributed by atoms with Crippen LogP contribution in [0.15, 0.2) is 0 Å². The molecule has 3 atom stereocenters. The van der Waals surface area contributed by atoms with Crippen LogP contribution in [0, 0.1) is 5.92 Å². The third kappa shape index (κ3) is 3.63. The molecule has 1 fully saturated rings. The van der Waals surface area contributed by atoms with Crippen LogP contribution in [0.4, 0.5) is 0 Å². The van der Waals surface area contributed by atoms with Crippen LogP contribution < -0.4 is 5.73 Å². The summed E-state index contributed by atoms with van der Waals surface area (Å²) in [4.78, 5) is 2.29.